The van der Waals surface area contributed by atoms with Crippen molar-refractivity contribution < 1.29 is 9.59 Å². The van der Waals surface area contributed by atoms with Gasteiger partial charge in [-0.15, -0.1) is 0 Å². The molecule has 0 aromatic carbocycles. The molecule has 4 heteroatoms. The Balaban J connectivity index is 2.15. The number of nitrogens with one attached hydrogen (secondary N) is 1. The molecule has 1 rings (SSSR count). The lowest BCUT2D eigenvalue weighted by Crippen LogP contribution is -2.58. The highest BCUT2D eigenvalue weighted by Crippen LogP contribution is 2.12. The normalized spacial score (nSPS) is 19.0. The van der Waals surface area contributed by atoms with Gasteiger partial charge in [-0.2, -0.15) is 0 Å². The SMILES string of the molecule is CCCCCCCCCCN1CC(=O)NC(CCC)C1=O. The van der Waals surface area contributed by atoms with E-state index in [9.17, 15) is 9.59 Å². The van der Waals surface area contributed by atoms with Crippen LogP contribution in [0.15, 0.2) is 0 Å². The Bertz CT molecular complexity index is 318. The summed E-state index contributed by atoms with van der Waals surface area (Å²) in [4.78, 5) is 25.6. The molecule has 1 atom stereocenters. The van der Waals surface area contributed by atoms with Crippen LogP contribution in [0.5, 0.6) is 0 Å². The van der Waals surface area contributed by atoms with Gasteiger partial charge in [-0.05, 0) is 12.8 Å². The fourth-order valence-electron chi connectivity index (χ4n) is 2.88. The maximum Gasteiger partial charge on any atom is 0.245 e. The monoisotopic (exact) mass is 296 g/mol. The molecule has 0 aliphatic carbocycles. The minimum Gasteiger partial charge on any atom is -0.343 e. The molecule has 1 unspecified atom stereocenters. The summed E-state index contributed by atoms with van der Waals surface area (Å²) in [7, 11) is 0. The van der Waals surface area contributed by atoms with E-state index in [1.165, 1.54) is 38.5 Å². The third-order valence-corrected chi connectivity index (χ3v) is 4.14. The average Bonchev–Trinajstić information content (AvgIpc) is 2.46. The van der Waals surface area contributed by atoms with Crippen LogP contribution in [0.4, 0.5) is 0 Å². The van der Waals surface area contributed by atoms with E-state index in [2.05, 4.69) is 12.2 Å². The first-order chi connectivity index (χ1) is 10.2. The molecule has 0 aromatic rings. The number of unbranched alkanes of at least 4 members (excludes halogenated alkanes) is 7. The average molecular weight is 296 g/mol. The van der Waals surface area contributed by atoms with E-state index in [0.717, 1.165) is 32.2 Å². The molecule has 1 N–H and O–H groups in total. The molecule has 2 amide bonds. The molecule has 0 aromatic heterocycles. The second-order valence-electron chi connectivity index (χ2n) is 6.14. The van der Waals surface area contributed by atoms with Gasteiger partial charge in [-0.25, -0.2) is 0 Å². The van der Waals surface area contributed by atoms with Crippen molar-refractivity contribution in [2.45, 2.75) is 84.1 Å². The molecule has 1 aliphatic rings. The van der Waals surface area contributed by atoms with Crippen molar-refractivity contribution in [2.24, 2.45) is 0 Å². The van der Waals surface area contributed by atoms with Crippen LogP contribution in [0.2, 0.25) is 0 Å². The van der Waals surface area contributed by atoms with Crippen molar-refractivity contribution in [3.63, 3.8) is 0 Å². The predicted octanol–water partition coefficient (Wildman–Crippen LogP) is 3.25. The molecule has 1 heterocycles. The molecule has 1 fully saturated rings. The first kappa shape index (κ1) is 18.0. The van der Waals surface area contributed by atoms with Gasteiger partial charge in [0.25, 0.3) is 0 Å². The lowest BCUT2D eigenvalue weighted by atomic mass is 10.1. The molecule has 0 saturated carbocycles. The van der Waals surface area contributed by atoms with Gasteiger partial charge in [0.1, 0.15) is 6.04 Å². The summed E-state index contributed by atoms with van der Waals surface area (Å²) in [5, 5.41) is 2.80. The second-order valence-corrected chi connectivity index (χ2v) is 6.14. The highest BCUT2D eigenvalue weighted by atomic mass is 16.2. The molecule has 0 spiro atoms. The van der Waals surface area contributed by atoms with Crippen molar-refractivity contribution in [3.05, 3.63) is 0 Å². The van der Waals surface area contributed by atoms with E-state index in [4.69, 9.17) is 0 Å². The first-order valence-corrected chi connectivity index (χ1v) is 8.77. The summed E-state index contributed by atoms with van der Waals surface area (Å²) in [5.41, 5.74) is 0. The Morgan fingerprint density at radius 1 is 0.952 bits per heavy atom. The Hall–Kier alpha value is -1.06. The first-order valence-electron chi connectivity index (χ1n) is 8.77. The van der Waals surface area contributed by atoms with Crippen molar-refractivity contribution >= 4 is 11.8 Å². The summed E-state index contributed by atoms with van der Waals surface area (Å²) >= 11 is 0. The summed E-state index contributed by atoms with van der Waals surface area (Å²) in [5.74, 6) is 0.104. The number of nitrogens with zero attached hydrogens (tertiary/aromatic N) is 1. The third kappa shape index (κ3) is 6.96. The summed E-state index contributed by atoms with van der Waals surface area (Å²) < 4.78 is 0. The Kier molecular flexibility index (Phi) is 9.11. The van der Waals surface area contributed by atoms with Gasteiger partial charge in [-0.1, -0.05) is 65.2 Å². The fourth-order valence-corrected chi connectivity index (χ4v) is 2.88. The van der Waals surface area contributed by atoms with Gasteiger partial charge < -0.3 is 10.2 Å². The van der Waals surface area contributed by atoms with Crippen molar-refractivity contribution in [1.82, 2.24) is 10.2 Å². The van der Waals surface area contributed by atoms with E-state index in [1.54, 1.807) is 4.90 Å². The third-order valence-electron chi connectivity index (χ3n) is 4.14. The topological polar surface area (TPSA) is 49.4 Å². The van der Waals surface area contributed by atoms with Gasteiger partial charge in [-0.3, -0.25) is 9.59 Å². The zero-order valence-corrected chi connectivity index (χ0v) is 13.8. The van der Waals surface area contributed by atoms with Crippen molar-refractivity contribution in [3.8, 4) is 0 Å². The van der Waals surface area contributed by atoms with Gasteiger partial charge in [0.15, 0.2) is 0 Å². The van der Waals surface area contributed by atoms with Crippen LogP contribution < -0.4 is 5.32 Å². The number of hydrogen-bond donors (Lipinski definition) is 1. The minimum atomic E-state index is -0.287. The van der Waals surface area contributed by atoms with Gasteiger partial charge >= 0.3 is 0 Å². The summed E-state index contributed by atoms with van der Waals surface area (Å²) in [6.07, 6.45) is 11.7. The van der Waals surface area contributed by atoms with Gasteiger partial charge in [0.2, 0.25) is 11.8 Å². The number of hydrogen-bond acceptors (Lipinski definition) is 2. The zero-order valence-electron chi connectivity index (χ0n) is 13.8. The number of carbonyl (C=O) groups excluding carboxylic acids is 2. The minimum absolute atomic E-state index is 0.00684. The predicted molar refractivity (Wildman–Crippen MR) is 86.0 cm³/mol. The largest absolute Gasteiger partial charge is 0.343 e. The van der Waals surface area contributed by atoms with Crippen LogP contribution in [0.25, 0.3) is 0 Å². The van der Waals surface area contributed by atoms with Crippen molar-refractivity contribution in [2.75, 3.05) is 13.1 Å². The molecule has 1 aliphatic heterocycles. The molecule has 1 saturated heterocycles. The van der Waals surface area contributed by atoms with Crippen LogP contribution in [-0.2, 0) is 9.59 Å². The fraction of sp³-hybridized carbons (Fsp3) is 0.882. The Morgan fingerprint density at radius 2 is 1.57 bits per heavy atom. The maximum absolute atomic E-state index is 12.2. The van der Waals surface area contributed by atoms with E-state index < -0.39 is 0 Å². The highest BCUT2D eigenvalue weighted by molar-refractivity contribution is 5.94. The van der Waals surface area contributed by atoms with Gasteiger partial charge in [0, 0.05) is 6.54 Å². The molecule has 122 valence electrons. The zero-order chi connectivity index (χ0) is 15.5. The van der Waals surface area contributed by atoms with Crippen molar-refractivity contribution in [1.29, 1.82) is 0 Å². The molecule has 4 nitrogen and oxygen atoms in total. The van der Waals surface area contributed by atoms with E-state index in [0.29, 0.717) is 0 Å². The Labute approximate surface area is 129 Å². The maximum atomic E-state index is 12.2. The number of rotatable bonds is 11. The number of amides is 2. The van der Waals surface area contributed by atoms with E-state index in [1.807, 2.05) is 6.92 Å². The van der Waals surface area contributed by atoms with Crippen LogP contribution >= 0.6 is 0 Å². The lowest BCUT2D eigenvalue weighted by Gasteiger charge is -2.32. The van der Waals surface area contributed by atoms with Crippen LogP contribution in [-0.4, -0.2) is 35.8 Å². The summed E-state index contributed by atoms with van der Waals surface area (Å²) in [6, 6.07) is -0.287. The number of piperazine rings is 1. The smallest absolute Gasteiger partial charge is 0.245 e. The van der Waals surface area contributed by atoms with Crippen LogP contribution in [0, 0.1) is 0 Å². The highest BCUT2D eigenvalue weighted by Gasteiger charge is 2.31. The van der Waals surface area contributed by atoms with E-state index in [-0.39, 0.29) is 24.4 Å². The van der Waals surface area contributed by atoms with Crippen LogP contribution in [0.1, 0.15) is 78.1 Å². The molecule has 0 bridgehead atoms. The van der Waals surface area contributed by atoms with Gasteiger partial charge in [0.05, 0.1) is 6.54 Å². The van der Waals surface area contributed by atoms with E-state index >= 15 is 0 Å². The second kappa shape index (κ2) is 10.6. The standard InChI is InChI=1S/C17H32N2O2/c1-3-5-6-7-8-9-10-11-13-19-14-16(20)18-15(12-4-2)17(19)21/h15H,3-14H2,1-2H3,(H,18,20). The number of carbonyl (C=O) groups is 2. The molecular formula is C17H32N2O2. The quantitative estimate of drug-likeness (QED) is 0.595. The molecule has 21 heavy (non-hydrogen) atoms. The lowest BCUT2D eigenvalue weighted by molar-refractivity contribution is -0.144. The summed E-state index contributed by atoms with van der Waals surface area (Å²) in [6.45, 7) is 5.26. The molecule has 0 radical (unpaired) electrons. The molecular weight excluding hydrogens is 264 g/mol. The van der Waals surface area contributed by atoms with Crippen LogP contribution in [0.3, 0.4) is 0 Å². The Morgan fingerprint density at radius 3 is 2.19 bits per heavy atom.